The van der Waals surface area contributed by atoms with Gasteiger partial charge in [-0.1, -0.05) is 48.5 Å². The second-order valence-electron chi connectivity index (χ2n) is 5.46. The Labute approximate surface area is 137 Å². The van der Waals surface area contributed by atoms with Crippen LogP contribution in [0.2, 0.25) is 0 Å². The van der Waals surface area contributed by atoms with Crippen molar-refractivity contribution in [3.8, 4) is 11.1 Å². The normalized spacial score (nSPS) is 12.7. The van der Waals surface area contributed by atoms with Crippen molar-refractivity contribution in [1.29, 1.82) is 0 Å². The van der Waals surface area contributed by atoms with Gasteiger partial charge in [0, 0.05) is 19.5 Å². The molecule has 0 radical (unpaired) electrons. The summed E-state index contributed by atoms with van der Waals surface area (Å²) in [5.74, 6) is 0.187. The standard InChI is InChI=1S/C18H20N2O.ClH/c19-11-5-10-18(21)20-12-14-6-1-3-8-16(14)17-9-4-2-7-15(17)13-20;/h1-4,6-9H,5,10-13,19H2;1H. The van der Waals surface area contributed by atoms with Crippen LogP contribution in [0.25, 0.3) is 11.1 Å². The summed E-state index contributed by atoms with van der Waals surface area (Å²) in [7, 11) is 0. The fourth-order valence-corrected chi connectivity index (χ4v) is 2.90. The Morgan fingerprint density at radius 2 is 1.45 bits per heavy atom. The maximum absolute atomic E-state index is 12.4. The Morgan fingerprint density at radius 3 is 1.95 bits per heavy atom. The van der Waals surface area contributed by atoms with Crippen molar-refractivity contribution in [3.05, 3.63) is 59.7 Å². The first-order chi connectivity index (χ1) is 10.3. The van der Waals surface area contributed by atoms with E-state index in [1.54, 1.807) is 0 Å². The highest BCUT2D eigenvalue weighted by Crippen LogP contribution is 2.32. The van der Waals surface area contributed by atoms with Crippen molar-refractivity contribution in [2.24, 2.45) is 5.73 Å². The molecule has 2 aromatic rings. The molecule has 0 atom stereocenters. The highest BCUT2D eigenvalue weighted by molar-refractivity contribution is 5.85. The minimum Gasteiger partial charge on any atom is -0.334 e. The fraction of sp³-hybridized carbons (Fsp3) is 0.278. The van der Waals surface area contributed by atoms with Crippen LogP contribution in [0, 0.1) is 0 Å². The number of nitrogens with two attached hydrogens (primary N) is 1. The van der Waals surface area contributed by atoms with Crippen molar-refractivity contribution in [1.82, 2.24) is 4.90 Å². The summed E-state index contributed by atoms with van der Waals surface area (Å²) in [6.45, 7) is 1.91. The molecular formula is C18H21ClN2O. The van der Waals surface area contributed by atoms with E-state index in [1.165, 1.54) is 22.3 Å². The van der Waals surface area contributed by atoms with E-state index in [2.05, 4.69) is 36.4 Å². The average molecular weight is 317 g/mol. The summed E-state index contributed by atoms with van der Waals surface area (Å²) < 4.78 is 0. The van der Waals surface area contributed by atoms with Crippen LogP contribution in [0.4, 0.5) is 0 Å². The molecule has 2 N–H and O–H groups in total. The van der Waals surface area contributed by atoms with Crippen LogP contribution in [0.5, 0.6) is 0 Å². The van der Waals surface area contributed by atoms with E-state index < -0.39 is 0 Å². The molecule has 1 amide bonds. The minimum atomic E-state index is 0. The maximum Gasteiger partial charge on any atom is 0.223 e. The van der Waals surface area contributed by atoms with Crippen LogP contribution >= 0.6 is 12.4 Å². The summed E-state index contributed by atoms with van der Waals surface area (Å²) in [6.07, 6.45) is 1.28. The van der Waals surface area contributed by atoms with Gasteiger partial charge in [0.1, 0.15) is 0 Å². The van der Waals surface area contributed by atoms with E-state index in [9.17, 15) is 4.79 Å². The van der Waals surface area contributed by atoms with Crippen LogP contribution in [0.15, 0.2) is 48.5 Å². The number of hydrogen-bond acceptors (Lipinski definition) is 2. The first-order valence-electron chi connectivity index (χ1n) is 7.43. The SMILES string of the molecule is Cl.NCCCC(=O)N1Cc2ccccc2-c2ccccc2C1. The first kappa shape index (κ1) is 16.5. The second kappa shape index (κ2) is 7.43. The van der Waals surface area contributed by atoms with E-state index in [0.29, 0.717) is 26.1 Å². The molecule has 1 aliphatic rings. The largest absolute Gasteiger partial charge is 0.334 e. The average Bonchev–Trinajstić information content (AvgIpc) is 2.69. The molecule has 116 valence electrons. The Morgan fingerprint density at radius 1 is 0.955 bits per heavy atom. The first-order valence-corrected chi connectivity index (χ1v) is 7.43. The molecule has 3 rings (SSSR count). The smallest absolute Gasteiger partial charge is 0.223 e. The lowest BCUT2D eigenvalue weighted by Crippen LogP contribution is -2.29. The number of nitrogens with zero attached hydrogens (tertiary/aromatic N) is 1. The van der Waals surface area contributed by atoms with Crippen LogP contribution < -0.4 is 5.73 Å². The molecule has 0 spiro atoms. The second-order valence-corrected chi connectivity index (χ2v) is 5.46. The molecule has 0 unspecified atom stereocenters. The number of fused-ring (bicyclic) bond motifs is 3. The van der Waals surface area contributed by atoms with Gasteiger partial charge >= 0.3 is 0 Å². The van der Waals surface area contributed by atoms with Gasteiger partial charge in [-0.3, -0.25) is 4.79 Å². The van der Waals surface area contributed by atoms with E-state index in [-0.39, 0.29) is 18.3 Å². The topological polar surface area (TPSA) is 46.3 Å². The van der Waals surface area contributed by atoms with Crippen LogP contribution in [0.3, 0.4) is 0 Å². The Balaban J connectivity index is 0.00000176. The van der Waals surface area contributed by atoms with Gasteiger partial charge in [-0.2, -0.15) is 0 Å². The van der Waals surface area contributed by atoms with Crippen LogP contribution in [0.1, 0.15) is 24.0 Å². The molecule has 3 nitrogen and oxygen atoms in total. The van der Waals surface area contributed by atoms with Crippen LogP contribution in [-0.4, -0.2) is 17.4 Å². The number of benzene rings is 2. The molecular weight excluding hydrogens is 296 g/mol. The van der Waals surface area contributed by atoms with Gasteiger partial charge in [0.2, 0.25) is 5.91 Å². The molecule has 22 heavy (non-hydrogen) atoms. The van der Waals surface area contributed by atoms with Gasteiger partial charge in [0.15, 0.2) is 0 Å². The molecule has 0 bridgehead atoms. The summed E-state index contributed by atoms with van der Waals surface area (Å²) in [5.41, 5.74) is 10.4. The zero-order valence-corrected chi connectivity index (χ0v) is 13.3. The van der Waals surface area contributed by atoms with Gasteiger partial charge in [0.25, 0.3) is 0 Å². The number of carbonyl (C=O) groups is 1. The zero-order valence-electron chi connectivity index (χ0n) is 12.5. The Bertz CT molecular complexity index is 610. The molecule has 1 heterocycles. The van der Waals surface area contributed by atoms with Gasteiger partial charge in [-0.15, -0.1) is 12.4 Å². The van der Waals surface area contributed by atoms with E-state index in [1.807, 2.05) is 17.0 Å². The van der Waals surface area contributed by atoms with Crippen molar-refractivity contribution in [2.45, 2.75) is 25.9 Å². The molecule has 0 aliphatic carbocycles. The molecule has 0 aromatic heterocycles. The quantitative estimate of drug-likeness (QED) is 0.944. The Kier molecular flexibility index (Phi) is 5.58. The fourth-order valence-electron chi connectivity index (χ4n) is 2.90. The van der Waals surface area contributed by atoms with Gasteiger partial charge in [-0.05, 0) is 35.2 Å². The Hall–Kier alpha value is -1.84. The van der Waals surface area contributed by atoms with Gasteiger partial charge < -0.3 is 10.6 Å². The third-order valence-corrected chi connectivity index (χ3v) is 3.99. The predicted octanol–water partition coefficient (Wildman–Crippen LogP) is 3.36. The summed E-state index contributed by atoms with van der Waals surface area (Å²) >= 11 is 0. The van der Waals surface area contributed by atoms with Crippen molar-refractivity contribution >= 4 is 18.3 Å². The highest BCUT2D eigenvalue weighted by Gasteiger charge is 2.21. The summed E-state index contributed by atoms with van der Waals surface area (Å²) in [4.78, 5) is 14.3. The van der Waals surface area contributed by atoms with E-state index in [4.69, 9.17) is 5.73 Å². The molecule has 1 aliphatic heterocycles. The van der Waals surface area contributed by atoms with Crippen molar-refractivity contribution in [3.63, 3.8) is 0 Å². The third kappa shape index (κ3) is 3.32. The van der Waals surface area contributed by atoms with E-state index >= 15 is 0 Å². The summed E-state index contributed by atoms with van der Waals surface area (Å²) in [6, 6.07) is 16.7. The van der Waals surface area contributed by atoms with E-state index in [0.717, 1.165) is 6.42 Å². The van der Waals surface area contributed by atoms with Crippen molar-refractivity contribution in [2.75, 3.05) is 6.54 Å². The lowest BCUT2D eigenvalue weighted by Gasteiger charge is -2.21. The third-order valence-electron chi connectivity index (χ3n) is 3.99. The highest BCUT2D eigenvalue weighted by atomic mass is 35.5. The minimum absolute atomic E-state index is 0. The van der Waals surface area contributed by atoms with Gasteiger partial charge in [-0.25, -0.2) is 0 Å². The molecule has 0 saturated carbocycles. The van der Waals surface area contributed by atoms with Gasteiger partial charge in [0.05, 0.1) is 0 Å². The number of carbonyl (C=O) groups excluding carboxylic acids is 1. The number of amides is 1. The number of hydrogen-bond donors (Lipinski definition) is 1. The molecule has 0 fully saturated rings. The molecule has 2 aromatic carbocycles. The number of rotatable bonds is 3. The monoisotopic (exact) mass is 316 g/mol. The summed E-state index contributed by atoms with van der Waals surface area (Å²) in [5, 5.41) is 0. The molecule has 4 heteroatoms. The van der Waals surface area contributed by atoms with Crippen molar-refractivity contribution < 1.29 is 4.79 Å². The van der Waals surface area contributed by atoms with Crippen LogP contribution in [-0.2, 0) is 17.9 Å². The lowest BCUT2D eigenvalue weighted by molar-refractivity contribution is -0.132. The maximum atomic E-state index is 12.4. The zero-order chi connectivity index (χ0) is 14.7. The molecule has 0 saturated heterocycles. The lowest BCUT2D eigenvalue weighted by atomic mass is 9.97. The number of halogens is 1. The predicted molar refractivity (Wildman–Crippen MR) is 91.7 cm³/mol.